The van der Waals surface area contributed by atoms with Crippen molar-refractivity contribution >= 4 is 21.8 Å². The molecule has 0 aromatic heterocycles. The van der Waals surface area contributed by atoms with Gasteiger partial charge in [0.25, 0.3) is 0 Å². The number of carbonyl (C=O) groups is 1. The third-order valence-corrected chi connectivity index (χ3v) is 4.82. The van der Waals surface area contributed by atoms with Crippen LogP contribution in [0.5, 0.6) is 0 Å². The summed E-state index contributed by atoms with van der Waals surface area (Å²) in [5.41, 5.74) is 0.265. The molecule has 106 valence electrons. The van der Waals surface area contributed by atoms with Gasteiger partial charge in [-0.05, 0) is 24.5 Å². The number of benzene rings is 1. The first-order valence-corrected chi connectivity index (χ1v) is 7.78. The van der Waals surface area contributed by atoms with Crippen LogP contribution >= 0.6 is 15.9 Å². The molecule has 1 aliphatic carbocycles. The maximum absolute atomic E-state index is 12.7. The van der Waals surface area contributed by atoms with E-state index in [1.54, 1.807) is 11.9 Å². The lowest BCUT2D eigenvalue weighted by molar-refractivity contribution is -0.139. The molecule has 0 N–H and O–H groups in total. The van der Waals surface area contributed by atoms with Crippen LogP contribution in [0, 0.1) is 16.7 Å². The van der Waals surface area contributed by atoms with Crippen LogP contribution < -0.4 is 0 Å². The van der Waals surface area contributed by atoms with Crippen LogP contribution in [0.1, 0.15) is 37.7 Å². The van der Waals surface area contributed by atoms with E-state index >= 15 is 0 Å². The van der Waals surface area contributed by atoms with Crippen LogP contribution in [-0.4, -0.2) is 17.9 Å². The molecular formula is C16H19BrN2O. The Balaban J connectivity index is 2.12. The van der Waals surface area contributed by atoms with Gasteiger partial charge < -0.3 is 4.90 Å². The highest BCUT2D eigenvalue weighted by Gasteiger charge is 2.41. The SMILES string of the molecule is CN(Cc1ccccc1Br)C(=O)C1(C#N)CCCCC1. The number of nitriles is 1. The number of hydrogen-bond acceptors (Lipinski definition) is 2. The van der Waals surface area contributed by atoms with E-state index in [1.165, 1.54) is 0 Å². The molecule has 1 fully saturated rings. The van der Waals surface area contributed by atoms with Gasteiger partial charge in [-0.2, -0.15) is 5.26 Å². The Morgan fingerprint density at radius 1 is 1.35 bits per heavy atom. The lowest BCUT2D eigenvalue weighted by Crippen LogP contribution is -2.42. The first-order chi connectivity index (χ1) is 9.59. The second-order valence-corrected chi connectivity index (χ2v) is 6.36. The van der Waals surface area contributed by atoms with Crippen molar-refractivity contribution in [3.05, 3.63) is 34.3 Å². The standard InChI is InChI=1S/C16H19BrN2O/c1-19(11-13-7-3-4-8-14(13)17)15(20)16(12-18)9-5-2-6-10-16/h3-4,7-8H,2,5-6,9-11H2,1H3. The van der Waals surface area contributed by atoms with Gasteiger partial charge in [0.1, 0.15) is 5.41 Å². The average molecular weight is 335 g/mol. The lowest BCUT2D eigenvalue weighted by Gasteiger charge is -2.33. The molecule has 1 saturated carbocycles. The minimum atomic E-state index is -0.797. The summed E-state index contributed by atoms with van der Waals surface area (Å²) < 4.78 is 0.995. The van der Waals surface area contributed by atoms with Crippen LogP contribution in [0.2, 0.25) is 0 Å². The molecule has 1 amide bonds. The molecule has 0 heterocycles. The molecule has 0 spiro atoms. The molecule has 0 radical (unpaired) electrons. The third kappa shape index (κ3) is 3.04. The Labute approximate surface area is 128 Å². The molecule has 0 aliphatic heterocycles. The summed E-state index contributed by atoms with van der Waals surface area (Å²) in [6, 6.07) is 10.2. The van der Waals surface area contributed by atoms with Gasteiger partial charge in [-0.15, -0.1) is 0 Å². The summed E-state index contributed by atoms with van der Waals surface area (Å²) >= 11 is 3.50. The Bertz CT molecular complexity index is 530. The van der Waals surface area contributed by atoms with Crippen LogP contribution in [0.4, 0.5) is 0 Å². The van der Waals surface area contributed by atoms with Gasteiger partial charge in [0.15, 0.2) is 0 Å². The topological polar surface area (TPSA) is 44.1 Å². The van der Waals surface area contributed by atoms with Crippen molar-refractivity contribution in [3.63, 3.8) is 0 Å². The summed E-state index contributed by atoms with van der Waals surface area (Å²) in [5.74, 6) is -0.0320. The largest absolute Gasteiger partial charge is 0.340 e. The van der Waals surface area contributed by atoms with Gasteiger partial charge in [0.05, 0.1) is 6.07 Å². The molecule has 0 atom stereocenters. The van der Waals surface area contributed by atoms with Crippen LogP contribution in [0.3, 0.4) is 0 Å². The van der Waals surface area contributed by atoms with Gasteiger partial charge >= 0.3 is 0 Å². The van der Waals surface area contributed by atoms with E-state index in [9.17, 15) is 10.1 Å². The van der Waals surface area contributed by atoms with Crippen LogP contribution in [-0.2, 0) is 11.3 Å². The Hall–Kier alpha value is -1.34. The van der Waals surface area contributed by atoms with Crippen molar-refractivity contribution in [2.24, 2.45) is 5.41 Å². The number of hydrogen-bond donors (Lipinski definition) is 0. The maximum atomic E-state index is 12.7. The molecule has 0 bridgehead atoms. The minimum Gasteiger partial charge on any atom is -0.340 e. The highest BCUT2D eigenvalue weighted by atomic mass is 79.9. The fraction of sp³-hybridized carbons (Fsp3) is 0.500. The summed E-state index contributed by atoms with van der Waals surface area (Å²) in [7, 11) is 1.79. The molecular weight excluding hydrogens is 316 g/mol. The van der Waals surface area contributed by atoms with E-state index in [0.717, 1.165) is 29.3 Å². The predicted octanol–water partition coefficient (Wildman–Crippen LogP) is 3.88. The Morgan fingerprint density at radius 2 is 2.00 bits per heavy atom. The second kappa shape index (κ2) is 6.41. The summed E-state index contributed by atoms with van der Waals surface area (Å²) in [6.45, 7) is 0.531. The van der Waals surface area contributed by atoms with Crippen molar-refractivity contribution in [2.45, 2.75) is 38.6 Å². The van der Waals surface area contributed by atoms with Gasteiger partial charge in [-0.3, -0.25) is 4.79 Å². The molecule has 20 heavy (non-hydrogen) atoms. The van der Waals surface area contributed by atoms with Crippen LogP contribution in [0.15, 0.2) is 28.7 Å². The van der Waals surface area contributed by atoms with Gasteiger partial charge in [-0.1, -0.05) is 53.4 Å². The van der Waals surface area contributed by atoms with Crippen molar-refractivity contribution in [2.75, 3.05) is 7.05 Å². The van der Waals surface area contributed by atoms with E-state index < -0.39 is 5.41 Å². The number of amides is 1. The molecule has 0 unspecified atom stereocenters. The van der Waals surface area contributed by atoms with Gasteiger partial charge in [0, 0.05) is 18.1 Å². The zero-order chi connectivity index (χ0) is 14.6. The van der Waals surface area contributed by atoms with E-state index in [2.05, 4.69) is 22.0 Å². The molecule has 4 heteroatoms. The van der Waals surface area contributed by atoms with Crippen LogP contribution in [0.25, 0.3) is 0 Å². The van der Waals surface area contributed by atoms with Crippen molar-refractivity contribution in [1.29, 1.82) is 5.26 Å². The number of carbonyl (C=O) groups excluding carboxylic acids is 1. The number of halogens is 1. The molecule has 3 nitrogen and oxygen atoms in total. The monoisotopic (exact) mass is 334 g/mol. The second-order valence-electron chi connectivity index (χ2n) is 5.51. The zero-order valence-electron chi connectivity index (χ0n) is 11.7. The van der Waals surface area contributed by atoms with Gasteiger partial charge in [0.2, 0.25) is 5.91 Å². The molecule has 2 rings (SSSR count). The first kappa shape index (κ1) is 15.1. The highest BCUT2D eigenvalue weighted by molar-refractivity contribution is 9.10. The fourth-order valence-corrected chi connectivity index (χ4v) is 3.26. The fourth-order valence-electron chi connectivity index (χ4n) is 2.85. The third-order valence-electron chi connectivity index (χ3n) is 4.04. The number of nitrogens with zero attached hydrogens (tertiary/aromatic N) is 2. The molecule has 1 aromatic rings. The van der Waals surface area contributed by atoms with E-state index in [0.29, 0.717) is 19.4 Å². The maximum Gasteiger partial charge on any atom is 0.243 e. The van der Waals surface area contributed by atoms with Crippen molar-refractivity contribution < 1.29 is 4.79 Å². The molecule has 1 aliphatic rings. The quantitative estimate of drug-likeness (QED) is 0.841. The van der Waals surface area contributed by atoms with Crippen molar-refractivity contribution in [3.8, 4) is 6.07 Å². The van der Waals surface area contributed by atoms with E-state index in [4.69, 9.17) is 0 Å². The number of rotatable bonds is 3. The summed E-state index contributed by atoms with van der Waals surface area (Å²) in [5, 5.41) is 9.47. The van der Waals surface area contributed by atoms with E-state index in [-0.39, 0.29) is 5.91 Å². The smallest absolute Gasteiger partial charge is 0.243 e. The highest BCUT2D eigenvalue weighted by Crippen LogP contribution is 2.37. The summed E-state index contributed by atoms with van der Waals surface area (Å²) in [4.78, 5) is 14.3. The Kier molecular flexibility index (Phi) is 4.82. The first-order valence-electron chi connectivity index (χ1n) is 6.99. The Morgan fingerprint density at radius 3 is 2.60 bits per heavy atom. The normalized spacial score (nSPS) is 17.2. The molecule has 1 aromatic carbocycles. The van der Waals surface area contributed by atoms with E-state index in [1.807, 2.05) is 24.3 Å². The van der Waals surface area contributed by atoms with Crippen molar-refractivity contribution in [1.82, 2.24) is 4.90 Å². The lowest BCUT2D eigenvalue weighted by atomic mass is 9.74. The average Bonchev–Trinajstić information content (AvgIpc) is 2.49. The minimum absolute atomic E-state index is 0.0320. The predicted molar refractivity (Wildman–Crippen MR) is 81.7 cm³/mol. The molecule has 0 saturated heterocycles. The summed E-state index contributed by atoms with van der Waals surface area (Å²) in [6.07, 6.45) is 4.47. The van der Waals surface area contributed by atoms with Gasteiger partial charge in [-0.25, -0.2) is 0 Å². The zero-order valence-corrected chi connectivity index (χ0v) is 13.3.